The number of carbonyl (C=O) groups excluding carboxylic acids is 1. The third kappa shape index (κ3) is 6.51. The Labute approximate surface area is 250 Å². The number of nitrogens with one attached hydrogen (secondary N) is 1. The second-order valence-electron chi connectivity index (χ2n) is 9.99. The van der Waals surface area contributed by atoms with Gasteiger partial charge in [0.2, 0.25) is 5.78 Å². The first-order chi connectivity index (χ1) is 20.9. The van der Waals surface area contributed by atoms with Gasteiger partial charge in [-0.05, 0) is 74.7 Å². The maximum Gasteiger partial charge on any atom is 0.286 e. The van der Waals surface area contributed by atoms with Crippen LogP contribution in [0.2, 0.25) is 0 Å². The lowest BCUT2D eigenvalue weighted by molar-refractivity contribution is -0.171. The number of sulfonamides is 1. The highest BCUT2D eigenvalue weighted by Gasteiger charge is 2.29. The molecule has 5 rings (SSSR count). The number of imidazole rings is 1. The van der Waals surface area contributed by atoms with Gasteiger partial charge in [-0.1, -0.05) is 12.1 Å². The molecule has 0 aliphatic carbocycles. The van der Waals surface area contributed by atoms with Crippen molar-refractivity contribution in [2.24, 2.45) is 10.1 Å². The molecular formula is C30H27F3N4O6S. The van der Waals surface area contributed by atoms with Crippen molar-refractivity contribution in [3.63, 3.8) is 0 Å². The van der Waals surface area contributed by atoms with Crippen LogP contribution in [-0.2, 0) is 19.5 Å². The van der Waals surface area contributed by atoms with Gasteiger partial charge in [-0.2, -0.15) is 8.42 Å². The van der Waals surface area contributed by atoms with Crippen LogP contribution >= 0.6 is 0 Å². The molecule has 0 saturated carbocycles. The fourth-order valence-electron chi connectivity index (χ4n) is 4.58. The van der Waals surface area contributed by atoms with Crippen LogP contribution < -0.4 is 5.73 Å². The highest BCUT2D eigenvalue weighted by Crippen LogP contribution is 2.31. The summed E-state index contributed by atoms with van der Waals surface area (Å²) in [6.45, 7) is 1.94. The number of para-hydroxylation sites is 2. The zero-order valence-corrected chi connectivity index (χ0v) is 24.1. The lowest BCUT2D eigenvalue weighted by Crippen LogP contribution is -2.35. The molecule has 1 aliphatic rings. The molecule has 0 bridgehead atoms. The number of fused-ring (bicyclic) bond motifs is 1. The smallest absolute Gasteiger partial charge is 0.286 e. The first-order valence-electron chi connectivity index (χ1n) is 13.5. The second kappa shape index (κ2) is 12.6. The van der Waals surface area contributed by atoms with Crippen molar-refractivity contribution >= 4 is 44.0 Å². The number of rotatable bonds is 9. The van der Waals surface area contributed by atoms with E-state index in [1.54, 1.807) is 24.3 Å². The predicted molar refractivity (Wildman–Crippen MR) is 156 cm³/mol. The normalized spacial score (nSPS) is 17.4. The van der Waals surface area contributed by atoms with E-state index >= 15 is 0 Å². The molecule has 4 aromatic rings. The molecule has 2 atom stereocenters. The molecule has 230 valence electrons. The van der Waals surface area contributed by atoms with Gasteiger partial charge in [-0.3, -0.25) is 4.79 Å². The predicted octanol–water partition coefficient (Wildman–Crippen LogP) is 5.27. The van der Waals surface area contributed by atoms with Crippen molar-refractivity contribution in [2.75, 3.05) is 6.61 Å². The van der Waals surface area contributed by atoms with Crippen LogP contribution in [0.5, 0.6) is 0 Å². The van der Waals surface area contributed by atoms with Gasteiger partial charge in [0.1, 0.15) is 51.4 Å². The lowest BCUT2D eigenvalue weighted by atomic mass is 9.98. The van der Waals surface area contributed by atoms with Gasteiger partial charge < -0.3 is 25.3 Å². The molecule has 1 aromatic heterocycles. The van der Waals surface area contributed by atoms with E-state index in [-0.39, 0.29) is 11.4 Å². The summed E-state index contributed by atoms with van der Waals surface area (Å²) in [6, 6.07) is 11.3. The van der Waals surface area contributed by atoms with E-state index in [1.807, 2.05) is 0 Å². The minimum absolute atomic E-state index is 0.232. The topological polar surface area (TPSA) is 157 Å². The largest absolute Gasteiger partial charge is 0.506 e. The summed E-state index contributed by atoms with van der Waals surface area (Å²) in [5.41, 5.74) is 4.99. The number of Topliss-reactive ketones (excluding diaryl/α,β-unsaturated/α-hetero) is 1. The number of aromatic nitrogens is 2. The quantitative estimate of drug-likeness (QED) is 0.0744. The number of halogens is 3. The number of nitrogens with zero attached hydrogens (tertiary/aromatic N) is 2. The number of benzene rings is 3. The van der Waals surface area contributed by atoms with Crippen LogP contribution in [0, 0.1) is 17.5 Å². The van der Waals surface area contributed by atoms with E-state index < -0.39 is 73.3 Å². The minimum Gasteiger partial charge on any atom is -0.506 e. The molecule has 1 saturated heterocycles. The summed E-state index contributed by atoms with van der Waals surface area (Å²) in [6.07, 6.45) is 0.703. The van der Waals surface area contributed by atoms with Crippen molar-refractivity contribution < 1.29 is 41.0 Å². The molecule has 2 heterocycles. The number of H-pyrrole nitrogens is 1. The number of hydrogen-bond donors (Lipinski definition) is 3. The number of allylic oxidation sites excluding steroid dienone is 1. The molecule has 1 fully saturated rings. The molecule has 0 radical (unpaired) electrons. The summed E-state index contributed by atoms with van der Waals surface area (Å²) >= 11 is 0. The third-order valence-electron chi connectivity index (χ3n) is 6.88. The van der Waals surface area contributed by atoms with Crippen LogP contribution in [0.25, 0.3) is 22.4 Å². The average molecular weight is 629 g/mol. The van der Waals surface area contributed by atoms with E-state index in [1.165, 1.54) is 6.92 Å². The average Bonchev–Trinajstić information content (AvgIpc) is 3.42. The van der Waals surface area contributed by atoms with Crippen LogP contribution in [0.1, 0.15) is 47.9 Å². The Balaban J connectivity index is 1.58. The number of aliphatic hydroxyl groups excluding tert-OH is 1. The Morgan fingerprint density at radius 3 is 2.59 bits per heavy atom. The molecule has 1 unspecified atom stereocenters. The summed E-state index contributed by atoms with van der Waals surface area (Å²) in [4.78, 5) is 19.8. The van der Waals surface area contributed by atoms with E-state index in [2.05, 4.69) is 14.4 Å². The van der Waals surface area contributed by atoms with E-state index in [4.69, 9.17) is 15.2 Å². The number of hydrogen-bond acceptors (Lipinski definition) is 7. The number of aliphatic hydroxyl groups is 1. The molecule has 1 aliphatic heterocycles. The van der Waals surface area contributed by atoms with Gasteiger partial charge >= 0.3 is 0 Å². The number of ether oxygens (including phenoxy) is 2. The summed E-state index contributed by atoms with van der Waals surface area (Å²) in [5, 5.41) is 11.4. The Bertz CT molecular complexity index is 1870. The van der Waals surface area contributed by atoms with Crippen molar-refractivity contribution in [3.8, 4) is 0 Å². The minimum atomic E-state index is -4.81. The van der Waals surface area contributed by atoms with Crippen LogP contribution in [0.4, 0.5) is 13.2 Å². The third-order valence-corrected chi connectivity index (χ3v) is 8.20. The second-order valence-corrected chi connectivity index (χ2v) is 11.6. The van der Waals surface area contributed by atoms with Gasteiger partial charge in [-0.25, -0.2) is 18.2 Å². The number of carbonyl (C=O) groups is 1. The maximum absolute atomic E-state index is 14.9. The molecule has 3 aromatic carbocycles. The fourth-order valence-corrected chi connectivity index (χ4v) is 5.69. The summed E-state index contributed by atoms with van der Waals surface area (Å²) < 4.78 is 84.5. The molecule has 4 N–H and O–H groups in total. The molecule has 10 nitrogen and oxygen atoms in total. The zero-order valence-electron chi connectivity index (χ0n) is 23.3. The first-order valence-corrected chi connectivity index (χ1v) is 14.9. The van der Waals surface area contributed by atoms with Gasteiger partial charge in [0.15, 0.2) is 6.29 Å². The molecular weight excluding hydrogens is 601 g/mol. The van der Waals surface area contributed by atoms with Gasteiger partial charge in [0, 0.05) is 12.2 Å². The van der Waals surface area contributed by atoms with Crippen LogP contribution in [0.3, 0.4) is 0 Å². The molecule has 0 spiro atoms. The van der Waals surface area contributed by atoms with E-state index in [9.17, 15) is 31.5 Å². The lowest BCUT2D eigenvalue weighted by Gasteiger charge is -2.25. The SMILES string of the molecule is C[C@@H](OC1CCCCO1)/C(N)=N/S(=O)(=O)c1cc(/C(O)=C(/C(=O)c2cc(F)ccc2F)c2nc3ccccc3[nH]2)ccc1F. The van der Waals surface area contributed by atoms with Crippen molar-refractivity contribution in [3.05, 3.63) is 95.1 Å². The summed E-state index contributed by atoms with van der Waals surface area (Å²) in [5.74, 6) is -6.00. The Morgan fingerprint density at radius 1 is 1.11 bits per heavy atom. The highest BCUT2D eigenvalue weighted by molar-refractivity contribution is 7.90. The zero-order chi connectivity index (χ0) is 31.6. The number of ketones is 1. The standard InChI is InChI=1S/C30H27F3N4O6S/c1-16(43-25-8-4-5-13-42-25)29(34)37-44(40,41)24-14-17(9-11-21(24)33)27(38)26(28(39)19-15-18(31)10-12-20(19)32)30-35-22-6-2-3-7-23(22)36-30/h2-3,6-7,9-12,14-16,25,38H,4-5,8,13H2,1H3,(H2,34,37)(H,35,36)/b27-26+/t16-,25?/m1/s1. The Hall–Kier alpha value is -4.53. The van der Waals surface area contributed by atoms with E-state index in [0.717, 1.165) is 43.2 Å². The molecule has 0 amide bonds. The van der Waals surface area contributed by atoms with Crippen molar-refractivity contribution in [1.82, 2.24) is 9.97 Å². The van der Waals surface area contributed by atoms with Gasteiger partial charge in [0.25, 0.3) is 10.0 Å². The monoisotopic (exact) mass is 628 g/mol. The Morgan fingerprint density at radius 2 is 1.86 bits per heavy atom. The number of aromatic amines is 1. The number of amidine groups is 1. The van der Waals surface area contributed by atoms with Crippen molar-refractivity contribution in [1.29, 1.82) is 0 Å². The molecule has 14 heteroatoms. The van der Waals surface area contributed by atoms with Crippen molar-refractivity contribution in [2.45, 2.75) is 43.5 Å². The Kier molecular flexibility index (Phi) is 8.85. The van der Waals surface area contributed by atoms with Gasteiger partial charge in [-0.15, -0.1) is 4.40 Å². The maximum atomic E-state index is 14.9. The van der Waals surface area contributed by atoms with Crippen LogP contribution in [0.15, 0.2) is 70.0 Å². The highest BCUT2D eigenvalue weighted by atomic mass is 32.2. The first kappa shape index (κ1) is 30.9. The number of nitrogens with two attached hydrogens (primary N) is 1. The fraction of sp³-hybridized carbons (Fsp3) is 0.233. The van der Waals surface area contributed by atoms with E-state index in [0.29, 0.717) is 30.1 Å². The van der Waals surface area contributed by atoms with Crippen LogP contribution in [-0.4, -0.2) is 54.1 Å². The summed E-state index contributed by atoms with van der Waals surface area (Å²) in [7, 11) is -4.81. The molecule has 44 heavy (non-hydrogen) atoms. The van der Waals surface area contributed by atoms with Gasteiger partial charge in [0.05, 0.1) is 16.6 Å².